The summed E-state index contributed by atoms with van der Waals surface area (Å²) in [7, 11) is 0. The number of nitrogens with zero attached hydrogens (tertiary/aromatic N) is 2. The maximum absolute atomic E-state index is 13.1. The molecule has 3 aromatic rings. The molecule has 1 N–H and O–H groups in total. The summed E-state index contributed by atoms with van der Waals surface area (Å²) in [6, 6.07) is 14.0. The maximum atomic E-state index is 13.1. The van der Waals surface area contributed by atoms with Crippen LogP contribution in [-0.4, -0.2) is 9.97 Å². The van der Waals surface area contributed by atoms with Crippen LogP contribution in [0.5, 0.6) is 0 Å². The number of fused-ring (bicyclic) bond motifs is 1. The van der Waals surface area contributed by atoms with E-state index in [1.807, 2.05) is 24.3 Å². The van der Waals surface area contributed by atoms with Crippen molar-refractivity contribution in [1.29, 1.82) is 0 Å². The lowest BCUT2D eigenvalue weighted by atomic mass is 10.2. The molecule has 3 rings (SSSR count). The standard InChI is InChI=1S/C14H10FN3.ClH/c15-10-4-3-5-11(8-10)18-14-12-6-1-2-7-13(12)16-9-17-14;/h1-9H,(H,16,17,18);1H/p-1. The molecular formula is C14H10ClFN3-. The van der Waals surface area contributed by atoms with Gasteiger partial charge in [-0.15, -0.1) is 0 Å². The molecule has 0 aliphatic heterocycles. The Labute approximate surface area is 115 Å². The molecule has 0 radical (unpaired) electrons. The van der Waals surface area contributed by atoms with Crippen LogP contribution in [-0.2, 0) is 0 Å². The monoisotopic (exact) mass is 274 g/mol. The molecule has 5 heteroatoms. The van der Waals surface area contributed by atoms with Gasteiger partial charge in [0.15, 0.2) is 0 Å². The highest BCUT2D eigenvalue weighted by Crippen LogP contribution is 2.22. The minimum atomic E-state index is -0.279. The highest BCUT2D eigenvalue weighted by Gasteiger charge is 2.03. The Hall–Kier alpha value is -2.20. The van der Waals surface area contributed by atoms with E-state index in [1.165, 1.54) is 18.5 Å². The number of halogens is 2. The van der Waals surface area contributed by atoms with Gasteiger partial charge >= 0.3 is 0 Å². The smallest absolute Gasteiger partial charge is 0.141 e. The lowest BCUT2D eigenvalue weighted by Gasteiger charge is -2.07. The molecule has 0 saturated carbocycles. The number of rotatable bonds is 2. The number of hydrogen-bond acceptors (Lipinski definition) is 3. The van der Waals surface area contributed by atoms with Gasteiger partial charge in [0.25, 0.3) is 0 Å². The van der Waals surface area contributed by atoms with E-state index in [4.69, 9.17) is 0 Å². The molecule has 19 heavy (non-hydrogen) atoms. The average Bonchev–Trinajstić information content (AvgIpc) is 2.39. The Morgan fingerprint density at radius 2 is 1.79 bits per heavy atom. The summed E-state index contributed by atoms with van der Waals surface area (Å²) >= 11 is 0. The molecule has 1 aromatic heterocycles. The summed E-state index contributed by atoms with van der Waals surface area (Å²) in [5.41, 5.74) is 1.52. The van der Waals surface area contributed by atoms with Crippen molar-refractivity contribution >= 4 is 22.4 Å². The summed E-state index contributed by atoms with van der Waals surface area (Å²) in [6.07, 6.45) is 1.49. The van der Waals surface area contributed by atoms with Gasteiger partial charge in [0.2, 0.25) is 0 Å². The summed E-state index contributed by atoms with van der Waals surface area (Å²) in [5.74, 6) is 0.393. The number of para-hydroxylation sites is 1. The van der Waals surface area contributed by atoms with Crippen LogP contribution < -0.4 is 17.7 Å². The molecular weight excluding hydrogens is 265 g/mol. The van der Waals surface area contributed by atoms with Gasteiger partial charge in [-0.25, -0.2) is 14.4 Å². The van der Waals surface area contributed by atoms with Crippen molar-refractivity contribution in [2.45, 2.75) is 0 Å². The van der Waals surface area contributed by atoms with E-state index < -0.39 is 0 Å². The predicted octanol–water partition coefficient (Wildman–Crippen LogP) is 0.516. The van der Waals surface area contributed by atoms with Gasteiger partial charge in [-0.2, -0.15) is 0 Å². The molecule has 0 aliphatic rings. The fraction of sp³-hybridized carbons (Fsp3) is 0. The molecule has 0 unspecified atom stereocenters. The largest absolute Gasteiger partial charge is 1.00 e. The van der Waals surface area contributed by atoms with Gasteiger partial charge in [-0.05, 0) is 30.3 Å². The van der Waals surface area contributed by atoms with Gasteiger partial charge in [-0.3, -0.25) is 0 Å². The second-order valence-corrected chi connectivity index (χ2v) is 3.87. The fourth-order valence-corrected chi connectivity index (χ4v) is 1.81. The first-order valence-electron chi connectivity index (χ1n) is 5.55. The molecule has 0 atom stereocenters. The highest BCUT2D eigenvalue weighted by molar-refractivity contribution is 5.90. The van der Waals surface area contributed by atoms with Crippen molar-refractivity contribution in [1.82, 2.24) is 9.97 Å². The summed E-state index contributed by atoms with van der Waals surface area (Å²) in [5, 5.41) is 4.00. The predicted molar refractivity (Wildman–Crippen MR) is 69.2 cm³/mol. The number of nitrogens with one attached hydrogen (secondary N) is 1. The molecule has 0 saturated heterocycles. The van der Waals surface area contributed by atoms with Crippen LogP contribution in [0.15, 0.2) is 54.9 Å². The summed E-state index contributed by atoms with van der Waals surface area (Å²) in [4.78, 5) is 8.36. The lowest BCUT2D eigenvalue weighted by molar-refractivity contribution is -0.00000429. The molecule has 2 aromatic carbocycles. The normalized spacial score (nSPS) is 9.95. The molecule has 3 nitrogen and oxygen atoms in total. The fourth-order valence-electron chi connectivity index (χ4n) is 1.81. The van der Waals surface area contributed by atoms with E-state index in [2.05, 4.69) is 15.3 Å². The number of benzene rings is 2. The topological polar surface area (TPSA) is 37.8 Å². The number of hydrogen-bond donors (Lipinski definition) is 1. The Balaban J connectivity index is 0.00000133. The van der Waals surface area contributed by atoms with Crippen LogP contribution >= 0.6 is 0 Å². The summed E-state index contributed by atoms with van der Waals surface area (Å²) < 4.78 is 13.1. The van der Waals surface area contributed by atoms with Crippen LogP contribution in [0.3, 0.4) is 0 Å². The first-order valence-corrected chi connectivity index (χ1v) is 5.55. The van der Waals surface area contributed by atoms with Gasteiger partial charge in [-0.1, -0.05) is 18.2 Å². The average molecular weight is 275 g/mol. The van der Waals surface area contributed by atoms with E-state index in [0.717, 1.165) is 10.9 Å². The van der Waals surface area contributed by atoms with Gasteiger partial charge in [0.05, 0.1) is 5.52 Å². The zero-order chi connectivity index (χ0) is 12.4. The molecule has 0 fully saturated rings. The van der Waals surface area contributed by atoms with Gasteiger partial charge < -0.3 is 17.7 Å². The Morgan fingerprint density at radius 3 is 2.63 bits per heavy atom. The zero-order valence-electron chi connectivity index (χ0n) is 9.85. The van der Waals surface area contributed by atoms with Crippen molar-refractivity contribution in [2.75, 3.05) is 5.32 Å². The van der Waals surface area contributed by atoms with E-state index in [0.29, 0.717) is 11.5 Å². The maximum Gasteiger partial charge on any atom is 0.141 e. The molecule has 1 heterocycles. The van der Waals surface area contributed by atoms with Crippen molar-refractivity contribution in [3.05, 3.63) is 60.7 Å². The SMILES string of the molecule is Fc1cccc(Nc2ncnc3ccccc23)c1.[Cl-]. The van der Waals surface area contributed by atoms with Crippen molar-refractivity contribution in [2.24, 2.45) is 0 Å². The first kappa shape index (κ1) is 13.2. The molecule has 0 spiro atoms. The molecule has 0 bridgehead atoms. The van der Waals surface area contributed by atoms with E-state index >= 15 is 0 Å². The molecule has 0 aliphatic carbocycles. The van der Waals surface area contributed by atoms with E-state index in [-0.39, 0.29) is 18.2 Å². The second-order valence-electron chi connectivity index (χ2n) is 3.87. The zero-order valence-corrected chi connectivity index (χ0v) is 10.6. The number of anilines is 2. The van der Waals surface area contributed by atoms with Crippen LogP contribution in [0.4, 0.5) is 15.9 Å². The third-order valence-corrected chi connectivity index (χ3v) is 2.63. The van der Waals surface area contributed by atoms with E-state index in [9.17, 15) is 4.39 Å². The Bertz CT molecular complexity index is 698. The van der Waals surface area contributed by atoms with Crippen molar-refractivity contribution in [3.8, 4) is 0 Å². The van der Waals surface area contributed by atoms with E-state index in [1.54, 1.807) is 12.1 Å². The first-order chi connectivity index (χ1) is 8.83. The third kappa shape index (κ3) is 2.80. The van der Waals surface area contributed by atoms with Crippen LogP contribution in [0.25, 0.3) is 10.9 Å². The third-order valence-electron chi connectivity index (χ3n) is 2.63. The Morgan fingerprint density at radius 1 is 0.947 bits per heavy atom. The number of aromatic nitrogens is 2. The lowest BCUT2D eigenvalue weighted by Crippen LogP contribution is -3.00. The van der Waals surface area contributed by atoms with Crippen LogP contribution in [0.2, 0.25) is 0 Å². The van der Waals surface area contributed by atoms with Gasteiger partial charge in [0.1, 0.15) is 18.0 Å². The van der Waals surface area contributed by atoms with Crippen LogP contribution in [0, 0.1) is 5.82 Å². The molecule has 0 amide bonds. The van der Waals surface area contributed by atoms with Crippen LogP contribution in [0.1, 0.15) is 0 Å². The second kappa shape index (κ2) is 5.63. The Kier molecular flexibility index (Phi) is 3.92. The quantitative estimate of drug-likeness (QED) is 0.740. The highest BCUT2D eigenvalue weighted by atomic mass is 35.5. The van der Waals surface area contributed by atoms with Crippen molar-refractivity contribution < 1.29 is 16.8 Å². The summed E-state index contributed by atoms with van der Waals surface area (Å²) in [6.45, 7) is 0. The van der Waals surface area contributed by atoms with Crippen molar-refractivity contribution in [3.63, 3.8) is 0 Å². The molecule has 96 valence electrons. The minimum Gasteiger partial charge on any atom is -1.00 e. The van der Waals surface area contributed by atoms with Gasteiger partial charge in [0, 0.05) is 11.1 Å². The minimum absolute atomic E-state index is 0.